The highest BCUT2D eigenvalue weighted by Gasteiger charge is 2.31. The molecule has 2 aromatic rings. The van der Waals surface area contributed by atoms with E-state index in [1.807, 2.05) is 12.1 Å². The van der Waals surface area contributed by atoms with Crippen molar-refractivity contribution in [2.24, 2.45) is 0 Å². The molecule has 0 unspecified atom stereocenters. The predicted molar refractivity (Wildman–Crippen MR) is 121 cm³/mol. The second-order valence-corrected chi connectivity index (χ2v) is 7.63. The highest BCUT2D eigenvalue weighted by Crippen LogP contribution is 2.45. The van der Waals surface area contributed by atoms with Gasteiger partial charge in [-0.25, -0.2) is 4.79 Å². The number of aliphatic hydroxyl groups is 2. The Kier molecular flexibility index (Phi) is 8.09. The fraction of sp³-hybridized carbons (Fsp3) is 0.318. The van der Waals surface area contributed by atoms with Crippen molar-refractivity contribution >= 4 is 29.9 Å². The fourth-order valence-corrected chi connectivity index (χ4v) is 3.86. The van der Waals surface area contributed by atoms with Gasteiger partial charge in [-0.05, 0) is 46.5 Å². The van der Waals surface area contributed by atoms with E-state index < -0.39 is 6.09 Å². The third-order valence-electron chi connectivity index (χ3n) is 5.03. The number of hydrogen-bond donors (Lipinski definition) is 5. The summed E-state index contributed by atoms with van der Waals surface area (Å²) in [6, 6.07) is 10.5. The second kappa shape index (κ2) is 11.0. The molecule has 1 aliphatic carbocycles. The van der Waals surface area contributed by atoms with Gasteiger partial charge in [-0.15, -0.1) is 0 Å². The summed E-state index contributed by atoms with van der Waals surface area (Å²) in [7, 11) is 0. The standard InChI is InChI=1S/C22H25N3O6S/c1-32-25-22(30)31-12-19-17-10-13(20(28)23-6-8-26)2-4-15(17)16-5-3-14(11-18(16)19)21(29)24-7-9-27/h2-5,10-11,19,26-27H,6-9,12H2,1H3,(H,23,28)(H,24,29)(H,25,30). The highest BCUT2D eigenvalue weighted by molar-refractivity contribution is 7.97. The van der Waals surface area contributed by atoms with Gasteiger partial charge in [0.2, 0.25) is 0 Å². The molecule has 0 saturated carbocycles. The summed E-state index contributed by atoms with van der Waals surface area (Å²) in [6.07, 6.45) is 1.12. The molecule has 3 rings (SSSR count). The Hall–Kier alpha value is -3.08. The van der Waals surface area contributed by atoms with Crippen molar-refractivity contribution in [3.8, 4) is 11.1 Å². The quantitative estimate of drug-likeness (QED) is 0.356. The highest BCUT2D eigenvalue weighted by atomic mass is 32.2. The largest absolute Gasteiger partial charge is 0.448 e. The Labute approximate surface area is 189 Å². The molecule has 3 amide bonds. The summed E-state index contributed by atoms with van der Waals surface area (Å²) < 4.78 is 7.88. The number of rotatable bonds is 9. The minimum absolute atomic E-state index is 0.0236. The van der Waals surface area contributed by atoms with Crippen molar-refractivity contribution < 1.29 is 29.3 Å². The molecule has 1 aliphatic rings. The SMILES string of the molecule is CSNC(=O)OCC1c2cc(C(=O)NCCO)ccc2-c2ccc(C(=O)NCCO)cc21. The van der Waals surface area contributed by atoms with Gasteiger partial charge in [0.25, 0.3) is 11.8 Å². The summed E-state index contributed by atoms with van der Waals surface area (Å²) in [5, 5.41) is 23.2. The van der Waals surface area contributed by atoms with E-state index in [0.717, 1.165) is 34.2 Å². The monoisotopic (exact) mass is 459 g/mol. The van der Waals surface area contributed by atoms with Gasteiger partial charge in [0.05, 0.1) is 13.2 Å². The van der Waals surface area contributed by atoms with E-state index in [0.29, 0.717) is 11.1 Å². The number of ether oxygens (including phenoxy) is 1. The number of nitrogens with one attached hydrogen (secondary N) is 3. The van der Waals surface area contributed by atoms with E-state index in [1.54, 1.807) is 30.5 Å². The Morgan fingerprint density at radius 2 is 1.41 bits per heavy atom. The average molecular weight is 460 g/mol. The first-order chi connectivity index (χ1) is 15.5. The van der Waals surface area contributed by atoms with Crippen LogP contribution in [-0.4, -0.2) is 67.3 Å². The van der Waals surface area contributed by atoms with Crippen LogP contribution in [0.25, 0.3) is 11.1 Å². The molecule has 0 aliphatic heterocycles. The van der Waals surface area contributed by atoms with Gasteiger partial charge in [0.1, 0.15) is 6.61 Å². The first-order valence-corrected chi connectivity index (χ1v) is 11.2. The van der Waals surface area contributed by atoms with Crippen LogP contribution in [0, 0.1) is 0 Å². The van der Waals surface area contributed by atoms with Crippen LogP contribution in [0.5, 0.6) is 0 Å². The average Bonchev–Trinajstić information content (AvgIpc) is 3.11. The number of carbonyl (C=O) groups excluding carboxylic acids is 3. The summed E-state index contributed by atoms with van der Waals surface area (Å²) >= 11 is 1.12. The van der Waals surface area contributed by atoms with Crippen molar-refractivity contribution in [2.45, 2.75) is 5.92 Å². The summed E-state index contributed by atoms with van der Waals surface area (Å²) in [4.78, 5) is 36.6. The van der Waals surface area contributed by atoms with Gasteiger partial charge >= 0.3 is 6.09 Å². The van der Waals surface area contributed by atoms with Crippen molar-refractivity contribution in [3.05, 3.63) is 58.7 Å². The van der Waals surface area contributed by atoms with Crippen LogP contribution in [0.2, 0.25) is 0 Å². The summed E-state index contributed by atoms with van der Waals surface area (Å²) in [5.41, 5.74) is 4.23. The molecular weight excluding hydrogens is 434 g/mol. The number of benzene rings is 2. The lowest BCUT2D eigenvalue weighted by Crippen LogP contribution is -2.26. The predicted octanol–water partition coefficient (Wildman–Crippen LogP) is 1.25. The Bertz CT molecular complexity index is 944. The molecule has 0 spiro atoms. The topological polar surface area (TPSA) is 137 Å². The Balaban J connectivity index is 1.96. The van der Waals surface area contributed by atoms with Crippen LogP contribution in [-0.2, 0) is 4.74 Å². The summed E-state index contributed by atoms with van der Waals surface area (Å²) in [6.45, 7) is -0.0158. The number of aliphatic hydroxyl groups excluding tert-OH is 2. The van der Waals surface area contributed by atoms with Crippen molar-refractivity contribution in [2.75, 3.05) is 39.2 Å². The maximum absolute atomic E-state index is 12.4. The van der Waals surface area contributed by atoms with E-state index >= 15 is 0 Å². The van der Waals surface area contributed by atoms with E-state index in [4.69, 9.17) is 14.9 Å². The van der Waals surface area contributed by atoms with Crippen LogP contribution < -0.4 is 15.4 Å². The molecule has 10 heteroatoms. The minimum atomic E-state index is -0.582. The number of fused-ring (bicyclic) bond motifs is 3. The van der Waals surface area contributed by atoms with Gasteiger partial charge in [0.15, 0.2) is 0 Å². The van der Waals surface area contributed by atoms with Crippen LogP contribution in [0.15, 0.2) is 36.4 Å². The van der Waals surface area contributed by atoms with E-state index in [-0.39, 0.29) is 50.6 Å². The molecule has 0 aromatic heterocycles. The minimum Gasteiger partial charge on any atom is -0.448 e. The lowest BCUT2D eigenvalue weighted by atomic mass is 9.95. The molecule has 0 saturated heterocycles. The van der Waals surface area contributed by atoms with Gasteiger partial charge < -0.3 is 25.6 Å². The Morgan fingerprint density at radius 1 is 0.906 bits per heavy atom. The lowest BCUT2D eigenvalue weighted by molar-refractivity contribution is 0.0937. The number of carbonyl (C=O) groups is 3. The molecule has 5 N–H and O–H groups in total. The maximum atomic E-state index is 12.4. The number of amides is 3. The van der Waals surface area contributed by atoms with Crippen LogP contribution in [0.4, 0.5) is 4.79 Å². The van der Waals surface area contributed by atoms with Crippen molar-refractivity contribution in [3.63, 3.8) is 0 Å². The molecule has 9 nitrogen and oxygen atoms in total. The number of hydrogen-bond acceptors (Lipinski definition) is 7. The smallest absolute Gasteiger partial charge is 0.417 e. The molecule has 0 bridgehead atoms. The van der Waals surface area contributed by atoms with Crippen molar-refractivity contribution in [1.82, 2.24) is 15.4 Å². The normalized spacial score (nSPS) is 12.0. The van der Waals surface area contributed by atoms with Crippen LogP contribution >= 0.6 is 11.9 Å². The third kappa shape index (κ3) is 5.21. The molecular formula is C22H25N3O6S. The molecule has 0 fully saturated rings. The Morgan fingerprint density at radius 3 is 1.84 bits per heavy atom. The van der Waals surface area contributed by atoms with Crippen LogP contribution in [0.3, 0.4) is 0 Å². The molecule has 0 heterocycles. The van der Waals surface area contributed by atoms with Gasteiger partial charge in [-0.3, -0.25) is 14.3 Å². The molecule has 170 valence electrons. The fourth-order valence-electron chi connectivity index (χ4n) is 3.64. The first kappa shape index (κ1) is 23.6. The lowest BCUT2D eigenvalue weighted by Gasteiger charge is -2.15. The van der Waals surface area contributed by atoms with Crippen LogP contribution in [0.1, 0.15) is 37.8 Å². The zero-order chi connectivity index (χ0) is 23.1. The molecule has 2 aromatic carbocycles. The third-order valence-corrected chi connectivity index (χ3v) is 5.40. The second-order valence-electron chi connectivity index (χ2n) is 7.02. The summed E-state index contributed by atoms with van der Waals surface area (Å²) in [5.74, 6) is -1.01. The van der Waals surface area contributed by atoms with Gasteiger partial charge in [-0.1, -0.05) is 24.1 Å². The van der Waals surface area contributed by atoms with Crippen molar-refractivity contribution in [1.29, 1.82) is 0 Å². The van der Waals surface area contributed by atoms with E-state index in [2.05, 4.69) is 15.4 Å². The zero-order valence-corrected chi connectivity index (χ0v) is 18.3. The molecule has 0 radical (unpaired) electrons. The van der Waals surface area contributed by atoms with Gasteiger partial charge in [0, 0.05) is 36.4 Å². The zero-order valence-electron chi connectivity index (χ0n) is 17.5. The first-order valence-electron chi connectivity index (χ1n) is 10.0. The maximum Gasteiger partial charge on any atom is 0.417 e. The van der Waals surface area contributed by atoms with E-state index in [9.17, 15) is 14.4 Å². The van der Waals surface area contributed by atoms with E-state index in [1.165, 1.54) is 0 Å². The molecule has 32 heavy (non-hydrogen) atoms. The van der Waals surface area contributed by atoms with Gasteiger partial charge in [-0.2, -0.15) is 0 Å². The molecule has 0 atom stereocenters.